The third kappa shape index (κ3) is 5.11. The highest BCUT2D eigenvalue weighted by molar-refractivity contribution is 7.89. The molecule has 2 aromatic carbocycles. The molecule has 190 valence electrons. The molecule has 1 saturated heterocycles. The van der Waals surface area contributed by atoms with Crippen LogP contribution in [0.15, 0.2) is 59.5 Å². The molecule has 8 heteroatoms. The molecule has 36 heavy (non-hydrogen) atoms. The second kappa shape index (κ2) is 10.2. The molecule has 0 atom stereocenters. The minimum Gasteiger partial charge on any atom is -0.356 e. The molecule has 0 aliphatic carbocycles. The summed E-state index contributed by atoms with van der Waals surface area (Å²) < 4.78 is 28.6. The van der Waals surface area contributed by atoms with E-state index in [9.17, 15) is 8.42 Å². The van der Waals surface area contributed by atoms with E-state index in [4.69, 9.17) is 9.97 Å². The summed E-state index contributed by atoms with van der Waals surface area (Å²) in [5.41, 5.74) is 4.05. The van der Waals surface area contributed by atoms with Crippen LogP contribution in [-0.2, 0) is 29.5 Å². The number of aromatic nitrogens is 2. The van der Waals surface area contributed by atoms with Gasteiger partial charge in [0.25, 0.3) is 0 Å². The number of sulfonamides is 1. The summed E-state index contributed by atoms with van der Waals surface area (Å²) in [5.74, 6) is 2.28. The highest BCUT2D eigenvalue weighted by atomic mass is 32.2. The van der Waals surface area contributed by atoms with Crippen LogP contribution in [-0.4, -0.2) is 49.4 Å². The van der Waals surface area contributed by atoms with Crippen LogP contribution in [0.25, 0.3) is 0 Å². The summed E-state index contributed by atoms with van der Waals surface area (Å²) in [4.78, 5) is 14.8. The summed E-state index contributed by atoms with van der Waals surface area (Å²) in [7, 11) is -1.58. The van der Waals surface area contributed by atoms with Crippen LogP contribution in [0.3, 0.4) is 0 Å². The number of anilines is 2. The van der Waals surface area contributed by atoms with Crippen molar-refractivity contribution >= 4 is 21.8 Å². The summed E-state index contributed by atoms with van der Waals surface area (Å²) >= 11 is 0. The molecular formula is C28H35N5O2S. The number of piperidine rings is 1. The van der Waals surface area contributed by atoms with Crippen molar-refractivity contribution in [1.82, 2.24) is 14.3 Å². The van der Waals surface area contributed by atoms with Gasteiger partial charge in [-0.25, -0.2) is 13.4 Å². The minimum atomic E-state index is -3.60. The van der Waals surface area contributed by atoms with E-state index in [1.54, 1.807) is 22.5 Å². The first kappa shape index (κ1) is 24.7. The first-order valence-electron chi connectivity index (χ1n) is 12.8. The van der Waals surface area contributed by atoms with E-state index in [0.717, 1.165) is 48.6 Å². The molecule has 0 N–H and O–H groups in total. The second-order valence-electron chi connectivity index (χ2n) is 10.2. The zero-order valence-corrected chi connectivity index (χ0v) is 22.2. The number of aryl methyl sites for hydroxylation is 1. The van der Waals surface area contributed by atoms with Gasteiger partial charge in [0.15, 0.2) is 0 Å². The Hall–Kier alpha value is -2.97. The van der Waals surface area contributed by atoms with Crippen molar-refractivity contribution in [1.29, 1.82) is 0 Å². The molecular weight excluding hydrogens is 470 g/mol. The van der Waals surface area contributed by atoms with Crippen molar-refractivity contribution in [2.24, 2.45) is 5.92 Å². The minimum absolute atomic E-state index is 0.301. The van der Waals surface area contributed by atoms with Crippen molar-refractivity contribution < 1.29 is 8.42 Å². The lowest BCUT2D eigenvalue weighted by molar-refractivity contribution is 0.384. The Morgan fingerprint density at radius 3 is 2.47 bits per heavy atom. The van der Waals surface area contributed by atoms with Crippen LogP contribution < -0.4 is 9.80 Å². The van der Waals surface area contributed by atoms with Crippen LogP contribution in [0, 0.1) is 12.8 Å². The second-order valence-corrected chi connectivity index (χ2v) is 12.1. The fraction of sp³-hybridized carbons (Fsp3) is 0.429. The third-order valence-electron chi connectivity index (χ3n) is 7.31. The number of rotatable bonds is 6. The summed E-state index contributed by atoms with van der Waals surface area (Å²) in [6, 6.07) is 17.5. The Morgan fingerprint density at radius 1 is 1.00 bits per heavy atom. The lowest BCUT2D eigenvalue weighted by Gasteiger charge is -2.36. The van der Waals surface area contributed by atoms with Crippen molar-refractivity contribution in [3.8, 4) is 0 Å². The van der Waals surface area contributed by atoms with E-state index in [1.165, 1.54) is 5.56 Å². The third-order valence-corrected chi connectivity index (χ3v) is 9.15. The summed E-state index contributed by atoms with van der Waals surface area (Å²) in [5, 5.41) is 0. The summed E-state index contributed by atoms with van der Waals surface area (Å²) in [6.07, 6.45) is 2.80. The zero-order chi connectivity index (χ0) is 25.3. The number of nitrogens with zero attached hydrogens (tertiary/aromatic N) is 5. The average Bonchev–Trinajstić information content (AvgIpc) is 2.89. The smallest absolute Gasteiger partial charge is 0.243 e. The molecule has 5 rings (SSSR count). The van der Waals surface area contributed by atoms with Crippen molar-refractivity contribution in [2.75, 3.05) is 36.5 Å². The average molecular weight is 506 g/mol. The molecule has 0 bridgehead atoms. The number of fused-ring (bicyclic) bond motifs is 1. The van der Waals surface area contributed by atoms with Crippen LogP contribution in [0.2, 0.25) is 0 Å². The van der Waals surface area contributed by atoms with Gasteiger partial charge in [0.05, 0.1) is 10.6 Å². The highest BCUT2D eigenvalue weighted by Gasteiger charge is 2.33. The van der Waals surface area contributed by atoms with Crippen molar-refractivity contribution in [3.05, 3.63) is 77.0 Å². The molecule has 1 aromatic heterocycles. The Balaban J connectivity index is 1.49. The molecule has 0 spiro atoms. The Labute approximate surface area is 214 Å². The molecule has 0 saturated carbocycles. The maximum Gasteiger partial charge on any atom is 0.243 e. The lowest BCUT2D eigenvalue weighted by Crippen LogP contribution is -2.40. The van der Waals surface area contributed by atoms with Crippen LogP contribution in [0.5, 0.6) is 0 Å². The largest absolute Gasteiger partial charge is 0.356 e. The molecule has 2 aliphatic heterocycles. The number of hydrogen-bond donors (Lipinski definition) is 0. The topological polar surface area (TPSA) is 69.6 Å². The molecule has 2 aliphatic rings. The van der Waals surface area contributed by atoms with E-state index in [2.05, 4.69) is 28.9 Å². The van der Waals surface area contributed by atoms with Crippen molar-refractivity contribution in [3.63, 3.8) is 0 Å². The normalized spacial score (nSPS) is 17.1. The van der Waals surface area contributed by atoms with Crippen LogP contribution in [0.1, 0.15) is 42.1 Å². The zero-order valence-electron chi connectivity index (χ0n) is 21.4. The SMILES string of the molecule is Cc1cccc(S(=O)(=O)N2CCc3nc(N(C)Cc4ccccc4)nc(N4CCC(C)CC4)c3C2)c1. The first-order valence-corrected chi connectivity index (χ1v) is 14.2. The molecule has 0 radical (unpaired) electrons. The van der Waals surface area contributed by atoms with Gasteiger partial charge in [0.1, 0.15) is 5.82 Å². The maximum atomic E-state index is 13.5. The fourth-order valence-corrected chi connectivity index (χ4v) is 6.58. The van der Waals surface area contributed by atoms with Gasteiger partial charge in [-0.3, -0.25) is 0 Å². The monoisotopic (exact) mass is 505 g/mol. The van der Waals surface area contributed by atoms with Crippen LogP contribution >= 0.6 is 0 Å². The number of benzene rings is 2. The Morgan fingerprint density at radius 2 is 1.75 bits per heavy atom. The van der Waals surface area contributed by atoms with Gasteiger partial charge in [-0.1, -0.05) is 49.4 Å². The molecule has 1 fully saturated rings. The van der Waals surface area contributed by atoms with Gasteiger partial charge in [-0.05, 0) is 48.9 Å². The Bertz CT molecular complexity index is 1320. The van der Waals surface area contributed by atoms with E-state index in [-0.39, 0.29) is 0 Å². The fourth-order valence-electron chi connectivity index (χ4n) is 5.07. The van der Waals surface area contributed by atoms with Gasteiger partial charge in [0, 0.05) is 51.8 Å². The molecule has 3 heterocycles. The predicted molar refractivity (Wildman–Crippen MR) is 144 cm³/mol. The molecule has 3 aromatic rings. The maximum absolute atomic E-state index is 13.5. The lowest BCUT2D eigenvalue weighted by atomic mass is 9.98. The number of hydrogen-bond acceptors (Lipinski definition) is 6. The standard InChI is InChI=1S/C28H35N5O2S/c1-21-12-15-32(16-13-21)27-25-20-33(36(34,35)24-11-7-8-22(2)18-24)17-14-26(25)29-28(30-27)31(3)19-23-9-5-4-6-10-23/h4-11,18,21H,12-17,19-20H2,1-3H3. The predicted octanol–water partition coefficient (Wildman–Crippen LogP) is 4.40. The van der Waals surface area contributed by atoms with Gasteiger partial charge < -0.3 is 9.80 Å². The van der Waals surface area contributed by atoms with Gasteiger partial charge in [-0.15, -0.1) is 0 Å². The van der Waals surface area contributed by atoms with E-state index >= 15 is 0 Å². The van der Waals surface area contributed by atoms with E-state index < -0.39 is 10.0 Å². The Kier molecular flexibility index (Phi) is 6.99. The van der Waals surface area contributed by atoms with Gasteiger partial charge in [-0.2, -0.15) is 9.29 Å². The van der Waals surface area contributed by atoms with Crippen LogP contribution in [0.4, 0.5) is 11.8 Å². The van der Waals surface area contributed by atoms with Gasteiger partial charge in [0.2, 0.25) is 16.0 Å². The van der Waals surface area contributed by atoms with Gasteiger partial charge >= 0.3 is 0 Å². The van der Waals surface area contributed by atoms with Crippen molar-refractivity contribution in [2.45, 2.75) is 51.1 Å². The molecule has 7 nitrogen and oxygen atoms in total. The summed E-state index contributed by atoms with van der Waals surface area (Å²) in [6.45, 7) is 7.50. The highest BCUT2D eigenvalue weighted by Crippen LogP contribution is 2.33. The first-order chi connectivity index (χ1) is 17.3. The molecule has 0 unspecified atom stereocenters. The quantitative estimate of drug-likeness (QED) is 0.495. The van der Waals surface area contributed by atoms with E-state index in [1.807, 2.05) is 38.2 Å². The molecule has 0 amide bonds. The van der Waals surface area contributed by atoms with E-state index in [0.29, 0.717) is 42.8 Å².